The maximum Gasteiger partial charge on any atom is 0.238 e. The highest BCUT2D eigenvalue weighted by molar-refractivity contribution is 7.89. The van der Waals surface area contributed by atoms with Crippen molar-refractivity contribution in [1.29, 1.82) is 0 Å². The Balaban J connectivity index is 2.76. The number of sulfonamides is 1. The van der Waals surface area contributed by atoms with E-state index in [0.717, 1.165) is 5.56 Å². The molecule has 114 valence electrons. The van der Waals surface area contributed by atoms with E-state index >= 15 is 0 Å². The van der Waals surface area contributed by atoms with Gasteiger partial charge in [-0.3, -0.25) is 0 Å². The van der Waals surface area contributed by atoms with E-state index in [0.29, 0.717) is 13.2 Å². The first-order chi connectivity index (χ1) is 9.15. The number of primary sulfonamides is 1. The fraction of sp³-hybridized carbons (Fsp3) is 0.571. The van der Waals surface area contributed by atoms with Crippen LogP contribution in [0.3, 0.4) is 0 Å². The predicted molar refractivity (Wildman–Crippen MR) is 79.9 cm³/mol. The second-order valence-electron chi connectivity index (χ2n) is 5.41. The molecule has 1 atom stereocenters. The van der Waals surface area contributed by atoms with Gasteiger partial charge >= 0.3 is 0 Å². The Morgan fingerprint density at radius 3 is 2.60 bits per heavy atom. The molecule has 0 amide bonds. The van der Waals surface area contributed by atoms with Gasteiger partial charge in [0, 0.05) is 19.2 Å². The molecule has 0 saturated heterocycles. The summed E-state index contributed by atoms with van der Waals surface area (Å²) in [6, 6.07) is 6.67. The molecule has 5 nitrogen and oxygen atoms in total. The number of nitrogens with two attached hydrogens (primary N) is 1. The molecular formula is C14H24N2O3S. The van der Waals surface area contributed by atoms with E-state index in [2.05, 4.69) is 5.32 Å². The zero-order valence-electron chi connectivity index (χ0n) is 12.5. The van der Waals surface area contributed by atoms with Gasteiger partial charge in [-0.1, -0.05) is 12.1 Å². The Labute approximate surface area is 121 Å². The smallest absolute Gasteiger partial charge is 0.238 e. The monoisotopic (exact) mass is 300 g/mol. The van der Waals surface area contributed by atoms with Gasteiger partial charge in [0.15, 0.2) is 0 Å². The van der Waals surface area contributed by atoms with Crippen molar-refractivity contribution in [3.63, 3.8) is 0 Å². The van der Waals surface area contributed by atoms with Gasteiger partial charge < -0.3 is 10.1 Å². The fourth-order valence-corrected chi connectivity index (χ4v) is 2.49. The number of nitrogens with one attached hydrogen (secondary N) is 1. The van der Waals surface area contributed by atoms with Crippen molar-refractivity contribution < 1.29 is 13.2 Å². The molecule has 1 unspecified atom stereocenters. The molecule has 0 spiro atoms. The number of ether oxygens (including phenoxy) is 1. The van der Waals surface area contributed by atoms with Crippen molar-refractivity contribution in [3.05, 3.63) is 29.8 Å². The van der Waals surface area contributed by atoms with Gasteiger partial charge in [-0.05, 0) is 45.4 Å². The van der Waals surface area contributed by atoms with Crippen LogP contribution in [0.4, 0.5) is 0 Å². The second kappa shape index (κ2) is 6.67. The molecule has 0 saturated carbocycles. The largest absolute Gasteiger partial charge is 0.375 e. The summed E-state index contributed by atoms with van der Waals surface area (Å²) >= 11 is 0. The lowest BCUT2D eigenvalue weighted by molar-refractivity contribution is -0.0103. The lowest BCUT2D eigenvalue weighted by atomic mass is 10.1. The Bertz CT molecular complexity index is 541. The third-order valence-electron chi connectivity index (χ3n) is 3.06. The Morgan fingerprint density at radius 2 is 2.05 bits per heavy atom. The van der Waals surface area contributed by atoms with Crippen LogP contribution in [0.2, 0.25) is 0 Å². The van der Waals surface area contributed by atoms with Gasteiger partial charge in [-0.25, -0.2) is 13.6 Å². The van der Waals surface area contributed by atoms with Crippen molar-refractivity contribution in [1.82, 2.24) is 5.32 Å². The van der Waals surface area contributed by atoms with Crippen molar-refractivity contribution in [2.24, 2.45) is 5.14 Å². The molecule has 0 aromatic heterocycles. The topological polar surface area (TPSA) is 81.4 Å². The first-order valence-corrected chi connectivity index (χ1v) is 8.20. The van der Waals surface area contributed by atoms with E-state index < -0.39 is 10.0 Å². The number of hydrogen-bond donors (Lipinski definition) is 2. The molecule has 1 aromatic rings. The third kappa shape index (κ3) is 5.20. The van der Waals surface area contributed by atoms with Crippen LogP contribution in [-0.2, 0) is 14.8 Å². The van der Waals surface area contributed by atoms with Gasteiger partial charge in [-0.2, -0.15) is 0 Å². The molecule has 1 aromatic carbocycles. The van der Waals surface area contributed by atoms with Crippen LogP contribution in [0.15, 0.2) is 29.2 Å². The number of rotatable bonds is 7. The van der Waals surface area contributed by atoms with E-state index in [4.69, 9.17) is 9.88 Å². The summed E-state index contributed by atoms with van der Waals surface area (Å²) in [6.45, 7) is 9.28. The summed E-state index contributed by atoms with van der Waals surface area (Å²) in [7, 11) is -3.66. The first kappa shape index (κ1) is 17.1. The summed E-state index contributed by atoms with van der Waals surface area (Å²) < 4.78 is 28.3. The zero-order chi connectivity index (χ0) is 15.4. The van der Waals surface area contributed by atoms with Gasteiger partial charge in [-0.15, -0.1) is 0 Å². The van der Waals surface area contributed by atoms with E-state index in [1.807, 2.05) is 33.8 Å². The number of benzene rings is 1. The van der Waals surface area contributed by atoms with Gasteiger partial charge in [0.2, 0.25) is 10.0 Å². The Kier molecular flexibility index (Phi) is 5.70. The van der Waals surface area contributed by atoms with E-state index in [1.165, 1.54) is 6.07 Å². The summed E-state index contributed by atoms with van der Waals surface area (Å²) in [6.07, 6.45) is 0. The quantitative estimate of drug-likeness (QED) is 0.804. The van der Waals surface area contributed by atoms with E-state index in [-0.39, 0.29) is 16.5 Å². The predicted octanol–water partition coefficient (Wildman–Crippen LogP) is 1.80. The van der Waals surface area contributed by atoms with Crippen molar-refractivity contribution in [2.45, 2.75) is 44.2 Å². The van der Waals surface area contributed by atoms with Gasteiger partial charge in [0.25, 0.3) is 0 Å². The molecule has 0 bridgehead atoms. The Hall–Kier alpha value is -0.950. The van der Waals surface area contributed by atoms with Crippen LogP contribution in [0.5, 0.6) is 0 Å². The standard InChI is InChI=1S/C14H24N2O3S/c1-5-19-14(3,4)10-16-11(2)12-7-6-8-13(9-12)20(15,17)18/h6-9,11,16H,5,10H2,1-4H3,(H2,15,17,18). The highest BCUT2D eigenvalue weighted by Crippen LogP contribution is 2.18. The van der Waals surface area contributed by atoms with Crippen LogP contribution >= 0.6 is 0 Å². The molecule has 20 heavy (non-hydrogen) atoms. The minimum atomic E-state index is -3.66. The minimum Gasteiger partial charge on any atom is -0.375 e. The van der Waals surface area contributed by atoms with E-state index in [9.17, 15) is 8.42 Å². The SMILES string of the molecule is CCOC(C)(C)CNC(C)c1cccc(S(N)(=O)=O)c1. The van der Waals surface area contributed by atoms with Crippen LogP contribution < -0.4 is 10.5 Å². The van der Waals surface area contributed by atoms with Crippen molar-refractivity contribution in [2.75, 3.05) is 13.2 Å². The van der Waals surface area contributed by atoms with E-state index in [1.54, 1.807) is 12.1 Å². The van der Waals surface area contributed by atoms with Gasteiger partial charge in [0.1, 0.15) is 0 Å². The summed E-state index contributed by atoms with van der Waals surface area (Å²) in [5.41, 5.74) is 0.615. The molecule has 0 aliphatic rings. The minimum absolute atomic E-state index is 0.0106. The molecule has 6 heteroatoms. The van der Waals surface area contributed by atoms with Crippen LogP contribution in [-0.4, -0.2) is 27.2 Å². The van der Waals surface area contributed by atoms with Crippen molar-refractivity contribution >= 4 is 10.0 Å². The molecule has 3 N–H and O–H groups in total. The highest BCUT2D eigenvalue weighted by atomic mass is 32.2. The average Bonchev–Trinajstić information content (AvgIpc) is 2.35. The van der Waals surface area contributed by atoms with Gasteiger partial charge in [0.05, 0.1) is 10.5 Å². The number of hydrogen-bond acceptors (Lipinski definition) is 4. The second-order valence-corrected chi connectivity index (χ2v) is 6.97. The van der Waals surface area contributed by atoms with Crippen LogP contribution in [0.25, 0.3) is 0 Å². The first-order valence-electron chi connectivity index (χ1n) is 6.66. The summed E-state index contributed by atoms with van der Waals surface area (Å²) in [5.74, 6) is 0. The molecule has 0 aliphatic heterocycles. The maximum atomic E-state index is 11.3. The summed E-state index contributed by atoms with van der Waals surface area (Å²) in [5, 5.41) is 8.48. The molecule has 1 rings (SSSR count). The molecular weight excluding hydrogens is 276 g/mol. The normalized spacial score (nSPS) is 14.2. The Morgan fingerprint density at radius 1 is 1.40 bits per heavy atom. The molecule has 0 heterocycles. The lowest BCUT2D eigenvalue weighted by Gasteiger charge is -2.27. The highest BCUT2D eigenvalue weighted by Gasteiger charge is 2.19. The molecule has 0 aliphatic carbocycles. The summed E-state index contributed by atoms with van der Waals surface area (Å²) in [4.78, 5) is 0.132. The van der Waals surface area contributed by atoms with Crippen molar-refractivity contribution in [3.8, 4) is 0 Å². The zero-order valence-corrected chi connectivity index (χ0v) is 13.3. The van der Waals surface area contributed by atoms with Crippen LogP contribution in [0, 0.1) is 0 Å². The van der Waals surface area contributed by atoms with Crippen LogP contribution in [0.1, 0.15) is 39.3 Å². The molecule has 0 radical (unpaired) electrons. The third-order valence-corrected chi connectivity index (χ3v) is 3.97. The molecule has 0 fully saturated rings. The fourth-order valence-electron chi connectivity index (χ4n) is 1.92. The maximum absolute atomic E-state index is 11.3. The lowest BCUT2D eigenvalue weighted by Crippen LogP contribution is -2.38. The average molecular weight is 300 g/mol.